The Morgan fingerprint density at radius 3 is 2.29 bits per heavy atom. The van der Waals surface area contributed by atoms with E-state index < -0.39 is 9.84 Å². The summed E-state index contributed by atoms with van der Waals surface area (Å²) in [6, 6.07) is 14.3. The van der Waals surface area contributed by atoms with Gasteiger partial charge in [-0.1, -0.05) is 24.3 Å². The molecule has 3 N–H and O–H groups in total. The Bertz CT molecular complexity index is 1400. The van der Waals surface area contributed by atoms with E-state index in [9.17, 15) is 8.42 Å². The van der Waals surface area contributed by atoms with Gasteiger partial charge in [0.15, 0.2) is 21.3 Å². The summed E-state index contributed by atoms with van der Waals surface area (Å²) in [6.07, 6.45) is 1.52. The van der Waals surface area contributed by atoms with Crippen molar-refractivity contribution in [3.63, 3.8) is 0 Å². The van der Waals surface area contributed by atoms with Gasteiger partial charge in [-0.2, -0.15) is 0 Å². The molecule has 0 aliphatic carbocycles. The molecule has 10 nitrogen and oxygen atoms in total. The number of nitrogens with one attached hydrogen (secondary N) is 1. The van der Waals surface area contributed by atoms with Crippen molar-refractivity contribution in [3.8, 4) is 34.3 Å². The largest absolute Gasteiger partial charge is 0.414 e. The molecule has 2 aromatic carbocycles. The fourth-order valence-electron chi connectivity index (χ4n) is 3.35. The van der Waals surface area contributed by atoms with Crippen molar-refractivity contribution in [1.82, 2.24) is 30.4 Å². The highest BCUT2D eigenvalue weighted by molar-refractivity contribution is 7.91. The van der Waals surface area contributed by atoms with Crippen LogP contribution in [0.3, 0.4) is 0 Å². The molecule has 0 aliphatic heterocycles. The van der Waals surface area contributed by atoms with Crippen molar-refractivity contribution in [3.05, 3.63) is 60.3 Å². The molecular formula is C24H27N7O3S. The number of nitrogens with two attached hydrogens (primary N) is 1. The maximum Gasteiger partial charge on any atom is 0.270 e. The summed E-state index contributed by atoms with van der Waals surface area (Å²) in [6.45, 7) is 1.21. The van der Waals surface area contributed by atoms with Gasteiger partial charge in [-0.05, 0) is 51.0 Å². The zero-order valence-corrected chi connectivity index (χ0v) is 20.6. The highest BCUT2D eigenvalue weighted by atomic mass is 32.2. The first-order valence-electron chi connectivity index (χ1n) is 10.9. The second-order valence-corrected chi connectivity index (χ2v) is 10.4. The molecule has 0 amide bonds. The van der Waals surface area contributed by atoms with E-state index in [2.05, 4.69) is 25.5 Å². The van der Waals surface area contributed by atoms with Crippen molar-refractivity contribution in [2.24, 2.45) is 0 Å². The van der Waals surface area contributed by atoms with Gasteiger partial charge in [0.2, 0.25) is 5.89 Å². The molecule has 0 bridgehead atoms. The van der Waals surface area contributed by atoms with Gasteiger partial charge in [-0.15, -0.1) is 10.2 Å². The standard InChI is InChI=1S/C24H27N7O3S/c1-26-14-16-4-6-18(7-5-16)23-29-30-24(34-23)21-22(25)27-15-20(28-21)17-8-10-19(11-9-17)35(32,33)13-12-31(2)3/h4-11,15,26H,12-14H2,1-3H3,(H2,25,27). The van der Waals surface area contributed by atoms with Crippen LogP contribution in [-0.2, 0) is 16.4 Å². The maximum absolute atomic E-state index is 12.5. The number of anilines is 1. The average molecular weight is 494 g/mol. The number of rotatable bonds is 9. The summed E-state index contributed by atoms with van der Waals surface area (Å²) in [5, 5.41) is 11.3. The highest BCUT2D eigenvalue weighted by Gasteiger charge is 2.18. The number of nitrogen functional groups attached to an aromatic ring is 1. The Labute approximate surface area is 204 Å². The second-order valence-electron chi connectivity index (χ2n) is 8.28. The molecule has 2 aromatic heterocycles. The molecule has 0 saturated heterocycles. The molecule has 0 radical (unpaired) electrons. The van der Waals surface area contributed by atoms with E-state index in [-0.39, 0.29) is 28.1 Å². The van der Waals surface area contributed by atoms with Crippen LogP contribution in [0.5, 0.6) is 0 Å². The first-order chi connectivity index (χ1) is 16.8. The van der Waals surface area contributed by atoms with E-state index in [0.717, 1.165) is 17.7 Å². The fraction of sp³-hybridized carbons (Fsp3) is 0.250. The van der Waals surface area contributed by atoms with Crippen LogP contribution >= 0.6 is 0 Å². The molecule has 0 atom stereocenters. The lowest BCUT2D eigenvalue weighted by Gasteiger charge is -2.10. The summed E-state index contributed by atoms with van der Waals surface area (Å²) in [5.41, 5.74) is 9.41. The molecule has 11 heteroatoms. The highest BCUT2D eigenvalue weighted by Crippen LogP contribution is 2.28. The Hall–Kier alpha value is -3.67. The fourth-order valence-corrected chi connectivity index (χ4v) is 4.75. The van der Waals surface area contributed by atoms with Gasteiger partial charge in [0.05, 0.1) is 22.5 Å². The molecule has 0 spiro atoms. The van der Waals surface area contributed by atoms with Crippen molar-refractivity contribution in [1.29, 1.82) is 0 Å². The van der Waals surface area contributed by atoms with E-state index in [1.54, 1.807) is 24.3 Å². The predicted octanol–water partition coefficient (Wildman–Crippen LogP) is 2.50. The SMILES string of the molecule is CNCc1ccc(-c2nnc(-c3nc(-c4ccc(S(=O)(=O)CCN(C)C)cc4)cnc3N)o2)cc1. The summed E-state index contributed by atoms with van der Waals surface area (Å²) in [4.78, 5) is 10.9. The van der Waals surface area contributed by atoms with Crippen LogP contribution in [0.1, 0.15) is 5.56 Å². The number of nitrogens with zero attached hydrogens (tertiary/aromatic N) is 5. The number of aromatic nitrogens is 4. The number of benzene rings is 2. The topological polar surface area (TPSA) is 140 Å². The quantitative estimate of drug-likeness (QED) is 0.357. The zero-order valence-electron chi connectivity index (χ0n) is 19.8. The Balaban J connectivity index is 1.58. The lowest BCUT2D eigenvalue weighted by atomic mass is 10.1. The van der Waals surface area contributed by atoms with Crippen LogP contribution in [-0.4, -0.2) is 66.9 Å². The lowest BCUT2D eigenvalue weighted by Crippen LogP contribution is -2.21. The van der Waals surface area contributed by atoms with Gasteiger partial charge in [-0.3, -0.25) is 0 Å². The molecule has 35 heavy (non-hydrogen) atoms. The molecule has 0 aliphatic rings. The molecule has 182 valence electrons. The maximum atomic E-state index is 12.5. The Morgan fingerprint density at radius 2 is 1.63 bits per heavy atom. The summed E-state index contributed by atoms with van der Waals surface area (Å²) < 4.78 is 30.9. The molecule has 4 rings (SSSR count). The minimum absolute atomic E-state index is 0.0445. The molecule has 4 aromatic rings. The first kappa shape index (κ1) is 24.5. The molecule has 0 unspecified atom stereocenters. The third kappa shape index (κ3) is 5.70. The van der Waals surface area contributed by atoms with Crippen LogP contribution in [0.25, 0.3) is 34.3 Å². The van der Waals surface area contributed by atoms with Crippen LogP contribution < -0.4 is 11.1 Å². The van der Waals surface area contributed by atoms with Gasteiger partial charge >= 0.3 is 0 Å². The monoisotopic (exact) mass is 493 g/mol. The van der Waals surface area contributed by atoms with E-state index >= 15 is 0 Å². The third-order valence-corrected chi connectivity index (χ3v) is 7.04. The van der Waals surface area contributed by atoms with E-state index in [1.807, 2.05) is 50.3 Å². The Morgan fingerprint density at radius 1 is 0.971 bits per heavy atom. The van der Waals surface area contributed by atoms with Gasteiger partial charge in [-0.25, -0.2) is 18.4 Å². The van der Waals surface area contributed by atoms with Crippen molar-refractivity contribution in [2.75, 3.05) is 39.2 Å². The van der Waals surface area contributed by atoms with Crippen molar-refractivity contribution in [2.45, 2.75) is 11.4 Å². The average Bonchev–Trinajstić information content (AvgIpc) is 3.34. The molecule has 0 fully saturated rings. The van der Waals surface area contributed by atoms with Gasteiger partial charge < -0.3 is 20.4 Å². The van der Waals surface area contributed by atoms with Gasteiger partial charge in [0.1, 0.15) is 0 Å². The number of hydrogen-bond donors (Lipinski definition) is 2. The summed E-state index contributed by atoms with van der Waals surface area (Å²) in [5.74, 6) is 0.684. The first-order valence-corrected chi connectivity index (χ1v) is 12.6. The smallest absolute Gasteiger partial charge is 0.270 e. The van der Waals surface area contributed by atoms with Gasteiger partial charge in [0.25, 0.3) is 5.89 Å². The number of sulfone groups is 1. The minimum atomic E-state index is -3.38. The number of hydrogen-bond acceptors (Lipinski definition) is 10. The lowest BCUT2D eigenvalue weighted by molar-refractivity contribution is 0.432. The van der Waals surface area contributed by atoms with Crippen LogP contribution in [0.2, 0.25) is 0 Å². The summed E-state index contributed by atoms with van der Waals surface area (Å²) in [7, 11) is 2.19. The molecule has 0 saturated carbocycles. The zero-order chi connectivity index (χ0) is 25.0. The molecular weight excluding hydrogens is 466 g/mol. The van der Waals surface area contributed by atoms with Crippen LogP contribution in [0.4, 0.5) is 5.82 Å². The second kappa shape index (κ2) is 10.3. The van der Waals surface area contributed by atoms with Crippen molar-refractivity contribution >= 4 is 15.7 Å². The summed E-state index contributed by atoms with van der Waals surface area (Å²) >= 11 is 0. The third-order valence-electron chi connectivity index (χ3n) is 5.33. The van der Waals surface area contributed by atoms with E-state index in [0.29, 0.717) is 23.7 Å². The normalized spacial score (nSPS) is 11.8. The van der Waals surface area contributed by atoms with Crippen LogP contribution in [0, 0.1) is 0 Å². The minimum Gasteiger partial charge on any atom is -0.414 e. The van der Waals surface area contributed by atoms with Crippen molar-refractivity contribution < 1.29 is 12.8 Å². The molecule has 2 heterocycles. The Kier molecular flexibility index (Phi) is 7.20. The van der Waals surface area contributed by atoms with E-state index in [1.165, 1.54) is 6.20 Å². The van der Waals surface area contributed by atoms with Crippen LogP contribution in [0.15, 0.2) is 64.0 Å². The van der Waals surface area contributed by atoms with E-state index in [4.69, 9.17) is 10.2 Å². The van der Waals surface area contributed by atoms with Gasteiger partial charge in [0, 0.05) is 24.2 Å². The predicted molar refractivity (Wildman–Crippen MR) is 134 cm³/mol.